The molecule has 3 amide bonds. The zero-order chi connectivity index (χ0) is 14.2. The number of urea groups is 1. The van der Waals surface area contributed by atoms with Crippen LogP contribution in [0.4, 0.5) is 16.2 Å². The van der Waals surface area contributed by atoms with Crippen LogP contribution in [0, 0.1) is 5.41 Å². The average molecular weight is 273 g/mol. The molecule has 1 aromatic rings. The monoisotopic (exact) mass is 273 g/mol. The van der Waals surface area contributed by atoms with Gasteiger partial charge >= 0.3 is 6.03 Å². The van der Waals surface area contributed by atoms with Gasteiger partial charge in [-0.1, -0.05) is 25.3 Å². The van der Waals surface area contributed by atoms with Crippen LogP contribution in [0.2, 0.25) is 0 Å². The van der Waals surface area contributed by atoms with E-state index < -0.39 is 5.41 Å². The van der Waals surface area contributed by atoms with E-state index in [-0.39, 0.29) is 11.9 Å². The minimum atomic E-state index is -0.420. The molecular weight excluding hydrogens is 254 g/mol. The molecule has 20 heavy (non-hydrogen) atoms. The van der Waals surface area contributed by atoms with Crippen molar-refractivity contribution in [2.75, 3.05) is 17.2 Å². The zero-order valence-corrected chi connectivity index (χ0v) is 11.4. The normalized spacial score (nSPS) is 21.9. The quantitative estimate of drug-likeness (QED) is 0.771. The van der Waals surface area contributed by atoms with Gasteiger partial charge in [-0.2, -0.15) is 0 Å². The molecule has 1 heterocycles. The summed E-state index contributed by atoms with van der Waals surface area (Å²) in [6.45, 7) is 0.462. The first-order valence-corrected chi connectivity index (χ1v) is 7.10. The lowest BCUT2D eigenvalue weighted by atomic mass is 9.72. The molecule has 5 heteroatoms. The Morgan fingerprint density at radius 2 is 1.90 bits per heavy atom. The molecule has 1 saturated carbocycles. The molecule has 1 spiro atoms. The smallest absolute Gasteiger partial charge is 0.328 e. The van der Waals surface area contributed by atoms with Gasteiger partial charge in [0.1, 0.15) is 0 Å². The molecule has 0 radical (unpaired) electrons. The number of hydrogen-bond donors (Lipinski definition) is 2. The van der Waals surface area contributed by atoms with Crippen molar-refractivity contribution >= 4 is 23.3 Å². The highest BCUT2D eigenvalue weighted by molar-refractivity contribution is 6.18. The lowest BCUT2D eigenvalue weighted by Gasteiger charge is -2.43. The Labute approximate surface area is 118 Å². The molecule has 3 N–H and O–H groups in total. The molecule has 0 aromatic heterocycles. The minimum Gasteiger partial charge on any atom is -0.399 e. The van der Waals surface area contributed by atoms with Crippen LogP contribution in [0.25, 0.3) is 0 Å². The molecule has 0 atom stereocenters. The number of hydrogen-bond acceptors (Lipinski definition) is 3. The number of anilines is 2. The summed E-state index contributed by atoms with van der Waals surface area (Å²) in [7, 11) is 0. The number of nitrogens with zero attached hydrogens (tertiary/aromatic N) is 1. The number of nitrogens with two attached hydrogens (primary N) is 1. The van der Waals surface area contributed by atoms with Crippen molar-refractivity contribution in [3.8, 4) is 0 Å². The Morgan fingerprint density at radius 1 is 1.15 bits per heavy atom. The molecule has 1 saturated heterocycles. The predicted molar refractivity (Wildman–Crippen MR) is 77.3 cm³/mol. The van der Waals surface area contributed by atoms with E-state index in [9.17, 15) is 9.59 Å². The molecule has 2 aliphatic rings. The second-order valence-corrected chi connectivity index (χ2v) is 5.74. The number of carbonyl (C=O) groups is 2. The molecule has 1 aromatic carbocycles. The van der Waals surface area contributed by atoms with Crippen molar-refractivity contribution in [3.05, 3.63) is 24.3 Å². The van der Waals surface area contributed by atoms with Gasteiger partial charge in [-0.3, -0.25) is 4.79 Å². The minimum absolute atomic E-state index is 0.0773. The van der Waals surface area contributed by atoms with E-state index in [1.54, 1.807) is 24.3 Å². The Balaban J connectivity index is 1.96. The summed E-state index contributed by atoms with van der Waals surface area (Å²) < 4.78 is 0. The second-order valence-electron chi connectivity index (χ2n) is 5.74. The maximum Gasteiger partial charge on any atom is 0.328 e. The Bertz CT molecular complexity index is 550. The van der Waals surface area contributed by atoms with E-state index in [0.29, 0.717) is 17.9 Å². The Kier molecular flexibility index (Phi) is 3.12. The highest BCUT2D eigenvalue weighted by Gasteiger charge is 2.47. The maximum absolute atomic E-state index is 12.8. The van der Waals surface area contributed by atoms with Gasteiger partial charge in [-0.05, 0) is 31.0 Å². The number of imide groups is 1. The van der Waals surface area contributed by atoms with Crippen molar-refractivity contribution < 1.29 is 9.59 Å². The van der Waals surface area contributed by atoms with Gasteiger partial charge < -0.3 is 11.1 Å². The van der Waals surface area contributed by atoms with Crippen LogP contribution >= 0.6 is 0 Å². The summed E-state index contributed by atoms with van der Waals surface area (Å²) in [5.74, 6) is -0.0773. The number of nitrogens with one attached hydrogen (secondary N) is 1. The van der Waals surface area contributed by atoms with E-state index in [1.807, 2.05) is 0 Å². The van der Waals surface area contributed by atoms with Gasteiger partial charge in [0.05, 0.1) is 11.1 Å². The van der Waals surface area contributed by atoms with Crippen LogP contribution in [0.1, 0.15) is 32.1 Å². The number of benzene rings is 1. The van der Waals surface area contributed by atoms with Crippen molar-refractivity contribution in [1.82, 2.24) is 5.32 Å². The molecule has 106 valence electrons. The first kappa shape index (κ1) is 13.0. The second kappa shape index (κ2) is 4.81. The van der Waals surface area contributed by atoms with Crippen LogP contribution in [0.15, 0.2) is 24.3 Å². The van der Waals surface area contributed by atoms with Crippen molar-refractivity contribution in [2.24, 2.45) is 5.41 Å². The number of amides is 3. The van der Waals surface area contributed by atoms with Gasteiger partial charge in [0, 0.05) is 12.2 Å². The molecular formula is C15H19N3O2. The number of nitrogen functional groups attached to an aromatic ring is 1. The third-order valence-electron chi connectivity index (χ3n) is 4.38. The van der Waals surface area contributed by atoms with Gasteiger partial charge in [0.2, 0.25) is 5.91 Å². The molecule has 5 nitrogen and oxygen atoms in total. The number of carbonyl (C=O) groups excluding carboxylic acids is 2. The van der Waals surface area contributed by atoms with Gasteiger partial charge in [0.15, 0.2) is 0 Å². The lowest BCUT2D eigenvalue weighted by Crippen LogP contribution is -2.61. The zero-order valence-electron chi connectivity index (χ0n) is 11.4. The van der Waals surface area contributed by atoms with E-state index in [4.69, 9.17) is 5.73 Å². The first-order valence-electron chi connectivity index (χ1n) is 7.10. The standard InChI is InChI=1S/C15H19N3O2/c16-11-5-4-6-12(9-11)18-13(19)15(10-17-14(18)20)7-2-1-3-8-15/h4-6,9H,1-3,7-8,10,16H2,(H,17,20). The van der Waals surface area contributed by atoms with Gasteiger partial charge in [-0.25, -0.2) is 9.69 Å². The van der Waals surface area contributed by atoms with Crippen LogP contribution in [0.3, 0.4) is 0 Å². The predicted octanol–water partition coefficient (Wildman–Crippen LogP) is 2.28. The Morgan fingerprint density at radius 3 is 2.60 bits per heavy atom. The highest BCUT2D eigenvalue weighted by Crippen LogP contribution is 2.40. The summed E-state index contributed by atoms with van der Waals surface area (Å²) in [6.07, 6.45) is 4.97. The molecule has 3 rings (SSSR count). The van der Waals surface area contributed by atoms with E-state index in [1.165, 1.54) is 11.3 Å². The molecule has 1 aliphatic heterocycles. The van der Waals surface area contributed by atoms with E-state index >= 15 is 0 Å². The fourth-order valence-corrected chi connectivity index (χ4v) is 3.25. The van der Waals surface area contributed by atoms with Gasteiger partial charge in [0.25, 0.3) is 0 Å². The third kappa shape index (κ3) is 2.03. The van der Waals surface area contributed by atoms with Crippen LogP contribution in [0.5, 0.6) is 0 Å². The topological polar surface area (TPSA) is 75.4 Å². The molecule has 2 fully saturated rings. The van der Waals surface area contributed by atoms with Crippen molar-refractivity contribution in [1.29, 1.82) is 0 Å². The third-order valence-corrected chi connectivity index (χ3v) is 4.38. The van der Waals surface area contributed by atoms with Crippen molar-refractivity contribution in [3.63, 3.8) is 0 Å². The van der Waals surface area contributed by atoms with E-state index in [0.717, 1.165) is 25.7 Å². The fraction of sp³-hybridized carbons (Fsp3) is 0.467. The van der Waals surface area contributed by atoms with Crippen molar-refractivity contribution in [2.45, 2.75) is 32.1 Å². The van der Waals surface area contributed by atoms with E-state index in [2.05, 4.69) is 5.32 Å². The largest absolute Gasteiger partial charge is 0.399 e. The van der Waals surface area contributed by atoms with Crippen LogP contribution in [-0.4, -0.2) is 18.5 Å². The molecule has 0 bridgehead atoms. The summed E-state index contributed by atoms with van der Waals surface area (Å²) in [5, 5.41) is 2.87. The average Bonchev–Trinajstić information content (AvgIpc) is 2.45. The van der Waals surface area contributed by atoms with Gasteiger partial charge in [-0.15, -0.1) is 0 Å². The fourth-order valence-electron chi connectivity index (χ4n) is 3.25. The molecule has 1 aliphatic carbocycles. The summed E-state index contributed by atoms with van der Waals surface area (Å²) in [6, 6.07) is 6.56. The lowest BCUT2D eigenvalue weighted by molar-refractivity contribution is -0.130. The Hall–Kier alpha value is -2.04. The first-order chi connectivity index (χ1) is 9.62. The summed E-state index contributed by atoms with van der Waals surface area (Å²) in [4.78, 5) is 26.2. The maximum atomic E-state index is 12.8. The molecule has 0 unspecified atom stereocenters. The summed E-state index contributed by atoms with van der Waals surface area (Å²) >= 11 is 0. The van der Waals surface area contributed by atoms with Crippen LogP contribution < -0.4 is 16.0 Å². The van der Waals surface area contributed by atoms with Crippen LogP contribution in [-0.2, 0) is 4.79 Å². The number of rotatable bonds is 1. The highest BCUT2D eigenvalue weighted by atomic mass is 16.2. The summed E-state index contributed by atoms with van der Waals surface area (Å²) in [5.41, 5.74) is 6.44. The SMILES string of the molecule is Nc1cccc(N2C(=O)NCC3(CCCCC3)C2=O)c1.